The van der Waals surface area contributed by atoms with E-state index in [0.29, 0.717) is 21.5 Å². The molecule has 134 valence electrons. The van der Waals surface area contributed by atoms with Crippen molar-refractivity contribution in [3.8, 4) is 11.5 Å². The van der Waals surface area contributed by atoms with Crippen molar-refractivity contribution < 1.29 is 23.8 Å². The van der Waals surface area contributed by atoms with Gasteiger partial charge in [0.25, 0.3) is 5.91 Å². The van der Waals surface area contributed by atoms with Crippen LogP contribution in [0.1, 0.15) is 11.1 Å². The van der Waals surface area contributed by atoms with Crippen molar-refractivity contribution in [3.05, 3.63) is 52.0 Å². The fourth-order valence-electron chi connectivity index (χ4n) is 2.57. The molecule has 0 bridgehead atoms. The van der Waals surface area contributed by atoms with Crippen LogP contribution < -0.4 is 14.8 Å². The van der Waals surface area contributed by atoms with E-state index in [0.717, 1.165) is 16.8 Å². The first-order valence-electron chi connectivity index (χ1n) is 7.73. The predicted molar refractivity (Wildman–Crippen MR) is 101 cm³/mol. The van der Waals surface area contributed by atoms with Gasteiger partial charge >= 0.3 is 5.97 Å². The number of anilines is 1. The minimum absolute atomic E-state index is 0.164. The molecule has 0 radical (unpaired) electrons. The average Bonchev–Trinajstić information content (AvgIpc) is 2.96. The lowest BCUT2D eigenvalue weighted by molar-refractivity contribution is -0.142. The van der Waals surface area contributed by atoms with Crippen molar-refractivity contribution in [2.45, 2.75) is 0 Å². The van der Waals surface area contributed by atoms with Crippen molar-refractivity contribution in [1.82, 2.24) is 0 Å². The lowest BCUT2D eigenvalue weighted by atomic mass is 10.0. The second-order valence-electron chi connectivity index (χ2n) is 5.45. The molecule has 1 heterocycles. The summed E-state index contributed by atoms with van der Waals surface area (Å²) in [6.45, 7) is -0.227. The van der Waals surface area contributed by atoms with Crippen molar-refractivity contribution in [3.63, 3.8) is 0 Å². The van der Waals surface area contributed by atoms with E-state index in [1.165, 1.54) is 14.2 Å². The van der Waals surface area contributed by atoms with Gasteiger partial charge in [-0.2, -0.15) is 0 Å². The Bertz CT molecular complexity index is 907. The smallest absolute Gasteiger partial charge is 0.343 e. The molecule has 0 aliphatic carbocycles. The molecule has 0 unspecified atom stereocenters. The molecule has 0 atom stereocenters. The lowest BCUT2D eigenvalue weighted by Crippen LogP contribution is -2.13. The number of methoxy groups -OCH3 is 2. The van der Waals surface area contributed by atoms with Gasteiger partial charge < -0.3 is 19.5 Å². The summed E-state index contributed by atoms with van der Waals surface area (Å²) in [5.74, 6) is 0.176. The van der Waals surface area contributed by atoms with Crippen LogP contribution in [0.4, 0.5) is 5.69 Å². The Morgan fingerprint density at radius 2 is 1.96 bits per heavy atom. The van der Waals surface area contributed by atoms with Crippen LogP contribution in [-0.2, 0) is 14.3 Å². The summed E-state index contributed by atoms with van der Waals surface area (Å²) in [5.41, 5.74) is 2.93. The number of hydrogen-bond donors (Lipinski definition) is 1. The highest BCUT2D eigenvalue weighted by molar-refractivity contribution is 9.10. The van der Waals surface area contributed by atoms with E-state index in [-0.39, 0.29) is 12.5 Å². The van der Waals surface area contributed by atoms with Crippen LogP contribution in [0.3, 0.4) is 0 Å². The molecule has 0 saturated heterocycles. The summed E-state index contributed by atoms with van der Waals surface area (Å²) in [7, 11) is 2.79. The highest BCUT2D eigenvalue weighted by Gasteiger charge is 2.24. The maximum absolute atomic E-state index is 12.3. The number of amides is 1. The minimum Gasteiger partial charge on any atom is -0.493 e. The molecule has 6 nitrogen and oxygen atoms in total. The second kappa shape index (κ2) is 7.61. The molecule has 0 saturated carbocycles. The summed E-state index contributed by atoms with van der Waals surface area (Å²) in [5, 5.41) is 2.84. The fraction of sp³-hybridized carbons (Fsp3) is 0.158. The molecule has 1 aliphatic heterocycles. The zero-order valence-corrected chi connectivity index (χ0v) is 15.8. The van der Waals surface area contributed by atoms with E-state index in [2.05, 4.69) is 26.0 Å². The Morgan fingerprint density at radius 1 is 1.19 bits per heavy atom. The van der Waals surface area contributed by atoms with Crippen LogP contribution in [0.2, 0.25) is 0 Å². The van der Waals surface area contributed by atoms with Crippen LogP contribution in [-0.4, -0.2) is 32.7 Å². The minimum atomic E-state index is -0.492. The average molecular weight is 418 g/mol. The summed E-state index contributed by atoms with van der Waals surface area (Å²) < 4.78 is 16.0. The van der Waals surface area contributed by atoms with Gasteiger partial charge in [-0.05, 0) is 29.8 Å². The molecule has 2 aromatic carbocycles. The molecular formula is C19H16BrNO5. The van der Waals surface area contributed by atoms with Crippen LogP contribution in [0, 0.1) is 0 Å². The molecule has 0 fully saturated rings. The molecule has 0 aromatic heterocycles. The first-order valence-corrected chi connectivity index (χ1v) is 8.52. The van der Waals surface area contributed by atoms with Crippen molar-refractivity contribution >= 4 is 45.1 Å². The van der Waals surface area contributed by atoms with Gasteiger partial charge in [0.1, 0.15) is 0 Å². The number of hydrogen-bond acceptors (Lipinski definition) is 5. The third kappa shape index (κ3) is 3.57. The Hall–Kier alpha value is -2.80. The number of nitrogens with one attached hydrogen (secondary N) is 1. The Labute approximate surface area is 158 Å². The number of carbonyl (C=O) groups excluding carboxylic acids is 2. The number of ether oxygens (including phenoxy) is 3. The van der Waals surface area contributed by atoms with Crippen molar-refractivity contribution in [2.24, 2.45) is 0 Å². The highest BCUT2D eigenvalue weighted by atomic mass is 79.9. The van der Waals surface area contributed by atoms with Gasteiger partial charge in [0.2, 0.25) is 0 Å². The van der Waals surface area contributed by atoms with Crippen LogP contribution in [0.15, 0.2) is 40.9 Å². The third-order valence-corrected chi connectivity index (χ3v) is 4.55. The Balaban J connectivity index is 1.96. The number of esters is 1. The van der Waals surface area contributed by atoms with Crippen LogP contribution in [0.25, 0.3) is 11.6 Å². The Morgan fingerprint density at radius 3 is 2.69 bits per heavy atom. The van der Waals surface area contributed by atoms with Crippen LogP contribution in [0.5, 0.6) is 11.5 Å². The number of fused-ring (bicyclic) bond motifs is 1. The molecule has 1 aliphatic rings. The van der Waals surface area contributed by atoms with E-state index in [4.69, 9.17) is 9.47 Å². The van der Waals surface area contributed by atoms with Gasteiger partial charge in [0.15, 0.2) is 18.1 Å². The maximum Gasteiger partial charge on any atom is 0.343 e. The normalized spacial score (nSPS) is 14.0. The van der Waals surface area contributed by atoms with Gasteiger partial charge in [-0.25, -0.2) is 4.79 Å². The van der Waals surface area contributed by atoms with Gasteiger partial charge in [0.05, 0.1) is 14.2 Å². The second-order valence-corrected chi connectivity index (χ2v) is 6.30. The predicted octanol–water partition coefficient (Wildman–Crippen LogP) is 3.50. The summed E-state index contributed by atoms with van der Waals surface area (Å²) in [6, 6.07) is 10.9. The van der Waals surface area contributed by atoms with E-state index in [1.54, 1.807) is 18.2 Å². The van der Waals surface area contributed by atoms with Gasteiger partial charge in [0, 0.05) is 21.3 Å². The fourth-order valence-corrected chi connectivity index (χ4v) is 3.00. The molecule has 26 heavy (non-hydrogen) atoms. The molecule has 3 rings (SSSR count). The maximum atomic E-state index is 12.3. The monoisotopic (exact) mass is 417 g/mol. The lowest BCUT2D eigenvalue weighted by Gasteiger charge is -2.12. The van der Waals surface area contributed by atoms with Gasteiger partial charge in [-0.15, -0.1) is 0 Å². The topological polar surface area (TPSA) is 73.9 Å². The number of para-hydroxylation sites is 1. The molecule has 1 N–H and O–H groups in total. The van der Waals surface area contributed by atoms with Gasteiger partial charge in [-0.3, -0.25) is 4.79 Å². The largest absolute Gasteiger partial charge is 0.493 e. The third-order valence-electron chi connectivity index (χ3n) is 3.87. The highest BCUT2D eigenvalue weighted by Crippen LogP contribution is 2.38. The number of rotatable bonds is 5. The van der Waals surface area contributed by atoms with E-state index in [1.807, 2.05) is 24.3 Å². The van der Waals surface area contributed by atoms with E-state index < -0.39 is 5.97 Å². The number of benzene rings is 2. The molecular weight excluding hydrogens is 402 g/mol. The zero-order chi connectivity index (χ0) is 18.7. The van der Waals surface area contributed by atoms with Crippen molar-refractivity contribution in [1.29, 1.82) is 0 Å². The molecule has 7 heteroatoms. The summed E-state index contributed by atoms with van der Waals surface area (Å²) in [6.07, 6.45) is 1.78. The first-order chi connectivity index (χ1) is 12.5. The number of carbonyl (C=O) groups is 2. The molecule has 0 spiro atoms. The molecule has 2 aromatic rings. The zero-order valence-electron chi connectivity index (χ0n) is 14.2. The molecule has 1 amide bonds. The SMILES string of the molecule is COC(=O)COc1cc(Br)c(/C=C2\C(=O)Nc3ccccc32)cc1OC. The standard InChI is InChI=1S/C19H16BrNO5/c1-24-16-8-11(14(20)9-17(16)26-10-18(22)25-2)7-13-12-5-3-4-6-15(12)21-19(13)23/h3-9H,10H2,1-2H3,(H,21,23)/b13-7-. The van der Waals surface area contributed by atoms with Crippen molar-refractivity contribution in [2.75, 3.05) is 26.1 Å². The first kappa shape index (κ1) is 18.0. The number of halogens is 1. The Kier molecular flexibility index (Phi) is 5.27. The summed E-state index contributed by atoms with van der Waals surface area (Å²) in [4.78, 5) is 23.5. The van der Waals surface area contributed by atoms with Crippen LogP contribution >= 0.6 is 15.9 Å². The summed E-state index contributed by atoms with van der Waals surface area (Å²) >= 11 is 3.47. The van der Waals surface area contributed by atoms with E-state index in [9.17, 15) is 9.59 Å². The quantitative estimate of drug-likeness (QED) is 0.595. The van der Waals surface area contributed by atoms with E-state index >= 15 is 0 Å². The van der Waals surface area contributed by atoms with Gasteiger partial charge in [-0.1, -0.05) is 34.1 Å².